The molecule has 0 saturated heterocycles. The van der Waals surface area contributed by atoms with Gasteiger partial charge in [-0.25, -0.2) is 35.8 Å². The van der Waals surface area contributed by atoms with Gasteiger partial charge in [0, 0.05) is 96.2 Å². The maximum Gasteiger partial charge on any atom is 0.212 e. The minimum atomic E-state index is -3.25. The quantitative estimate of drug-likeness (QED) is 0.0856. The van der Waals surface area contributed by atoms with Crippen molar-refractivity contribution in [2.24, 2.45) is 34.1 Å². The third-order valence-corrected chi connectivity index (χ3v) is 16.4. The van der Waals surface area contributed by atoms with Crippen LogP contribution in [0.4, 0.5) is 17.6 Å². The summed E-state index contributed by atoms with van der Waals surface area (Å²) in [6, 6.07) is 64.3. The highest BCUT2D eigenvalue weighted by Gasteiger charge is 2.20. The van der Waals surface area contributed by atoms with Gasteiger partial charge in [0.05, 0.1) is 0 Å². The van der Waals surface area contributed by atoms with E-state index < -0.39 is 88.2 Å². The molecule has 476 valence electrons. The number of aryl methyl sites for hydroxylation is 10. The maximum absolute atomic E-state index is 14.6. The molecule has 8 aromatic carbocycles. The Morgan fingerprint density at radius 1 is 0.340 bits per heavy atom. The molecule has 94 heavy (non-hydrogen) atoms. The molecule has 0 saturated carbocycles. The van der Waals surface area contributed by atoms with E-state index in [1.807, 2.05) is 194 Å². The Bertz CT molecular complexity index is 5450. The second-order valence-corrected chi connectivity index (χ2v) is 23.1. The van der Waals surface area contributed by atoms with Crippen LogP contribution in [0.15, 0.2) is 243 Å². The van der Waals surface area contributed by atoms with Gasteiger partial charge in [0.1, 0.15) is 51.5 Å². The van der Waals surface area contributed by atoms with Crippen LogP contribution < -0.4 is 18.3 Å². The van der Waals surface area contributed by atoms with Crippen molar-refractivity contribution in [2.45, 2.75) is 87.5 Å². The minimum Gasteiger partial charge on any atom is -0.207 e. The van der Waals surface area contributed by atoms with Crippen LogP contribution in [-0.4, -0.2) is 0 Å². The first-order chi connectivity index (χ1) is 53.0. The van der Waals surface area contributed by atoms with Gasteiger partial charge in [-0.1, -0.05) is 131 Å². The predicted octanol–water partition coefficient (Wildman–Crippen LogP) is 20.4. The SMILES string of the molecule is [2H]C([2H])([2H])C([2H])(Cc1cc(-c2ccc(-c3ccccc3C)[n+](C)c2)ccc1F)C([2H])([2H])[2H].[2H]C([2H])([2H])C([2H])(c1cc(-c2ccc(-c3ccccc3C)[n+](C)c2)ccc1F)C([2H])([2H])[2H].[2H]C([2H])([2H])Cc1cc(-c2ccc(-c3ccccc3C)[n+](C)c2)ccc1F.[2H]C([2H])([2H])c1cc(-c2ccc(-c3ccccc3C)[n+](C)c2)ccc1F. The van der Waals surface area contributed by atoms with Crippen molar-refractivity contribution in [1.82, 2.24) is 0 Å². The zero-order valence-electron chi connectivity index (χ0n) is 73.8. The first-order valence-corrected chi connectivity index (χ1v) is 30.4. The summed E-state index contributed by atoms with van der Waals surface area (Å²) in [5, 5.41) is 0. The lowest BCUT2D eigenvalue weighted by atomic mass is 9.97. The van der Waals surface area contributed by atoms with Gasteiger partial charge in [-0.2, -0.15) is 0 Å². The van der Waals surface area contributed by atoms with E-state index in [1.54, 1.807) is 36.5 Å². The van der Waals surface area contributed by atoms with Crippen LogP contribution in [-0.2, 0) is 41.0 Å². The summed E-state index contributed by atoms with van der Waals surface area (Å²) in [5.74, 6) is -8.87. The first kappa shape index (κ1) is 46.2. The average molecular weight is 1270 g/mol. The molecule has 0 atom stereocenters. The number of nitrogens with zero attached hydrogens (tertiary/aromatic N) is 4. The van der Waals surface area contributed by atoms with Gasteiger partial charge in [0.2, 0.25) is 22.8 Å². The molecule has 0 amide bonds. The number of hydrogen-bond donors (Lipinski definition) is 0. The molecule has 0 unspecified atom stereocenters. The van der Waals surface area contributed by atoms with Crippen molar-refractivity contribution >= 4 is 0 Å². The fraction of sp³-hybridized carbons (Fsp3) is 0.209. The molecule has 0 radical (unpaired) electrons. The molecule has 12 rings (SSSR count). The molecule has 0 aliphatic carbocycles. The number of benzene rings is 8. The second-order valence-electron chi connectivity index (χ2n) is 23.1. The summed E-state index contributed by atoms with van der Waals surface area (Å²) < 4.78 is 217. The molecule has 0 aliphatic rings. The number of rotatable bonds is 12. The van der Waals surface area contributed by atoms with Gasteiger partial charge in [-0.05, 0) is 223 Å². The molecule has 8 heteroatoms. The van der Waals surface area contributed by atoms with E-state index in [1.165, 1.54) is 47.5 Å². The van der Waals surface area contributed by atoms with Gasteiger partial charge < -0.3 is 0 Å². The summed E-state index contributed by atoms with van der Waals surface area (Å²) in [6.07, 6.45) is 6.55. The normalized spacial score (nSPS) is 15.1. The number of hydrogen-bond acceptors (Lipinski definition) is 0. The van der Waals surface area contributed by atoms with Gasteiger partial charge in [0.25, 0.3) is 0 Å². The summed E-state index contributed by atoms with van der Waals surface area (Å²) in [6.45, 7) is -9.22. The number of pyridine rings is 4. The molecule has 0 bridgehead atoms. The smallest absolute Gasteiger partial charge is 0.207 e. The van der Waals surface area contributed by atoms with Crippen LogP contribution in [0.5, 0.6) is 0 Å². The Labute approximate surface area is 583 Å². The minimum absolute atomic E-state index is 0.115. The summed E-state index contributed by atoms with van der Waals surface area (Å²) >= 11 is 0. The standard InChI is InChI=1S/C23H25FN.C22H23FN.C21H21FN.C20H19FN/c1-16(2)13-20-14-18(9-11-22(20)24)19-10-12-23(25(4)15-19)21-8-6-5-7-17(21)3;1-15(2)20-13-17(9-11-21(20)23)18-10-12-22(24(4)14-18)19-8-6-5-7-16(19)3;1-4-16-13-17(9-11-20(16)22)18-10-12-21(23(3)14-18)19-8-6-5-7-15(19)2;1-14-6-4-5-7-18(14)20-11-9-17(13-22(20)3)16-8-10-19(21)15(2)12-16/h5-12,14-16H,13H2,1-4H3;5-15H,1-4H3;5-14H,4H2,1-3H3;4-13H,1-3H3/q4*+1/i1D3,2D3,16D;1D3,2D3,15D;1D3;2D3. The molecule has 0 spiro atoms. The molecule has 0 fully saturated rings. The Balaban J connectivity index is 0.000000175. The molecule has 12 aromatic rings. The lowest BCUT2D eigenvalue weighted by Crippen LogP contribution is -2.30. The van der Waals surface area contributed by atoms with Gasteiger partial charge in [-0.3, -0.25) is 0 Å². The van der Waals surface area contributed by atoms with E-state index in [0.717, 1.165) is 90.5 Å². The fourth-order valence-electron chi connectivity index (χ4n) is 11.2. The van der Waals surface area contributed by atoms with Crippen LogP contribution in [0.3, 0.4) is 0 Å². The van der Waals surface area contributed by atoms with Crippen LogP contribution in [0, 0.1) is 63.7 Å². The Morgan fingerprint density at radius 2 is 0.670 bits per heavy atom. The number of aromatic nitrogens is 4. The van der Waals surface area contributed by atoms with Crippen LogP contribution in [0.1, 0.15) is 112 Å². The molecule has 4 heterocycles. The molecule has 0 N–H and O–H groups in total. The van der Waals surface area contributed by atoms with E-state index in [-0.39, 0.29) is 23.1 Å². The summed E-state index contributed by atoms with van der Waals surface area (Å²) in [5.41, 5.74) is 17.9. The van der Waals surface area contributed by atoms with Crippen molar-refractivity contribution < 1.29 is 63.2 Å². The third-order valence-electron chi connectivity index (χ3n) is 16.4. The number of halogens is 4. The van der Waals surface area contributed by atoms with E-state index in [9.17, 15) is 17.6 Å². The van der Waals surface area contributed by atoms with Crippen molar-refractivity contribution in [1.29, 1.82) is 0 Å². The van der Waals surface area contributed by atoms with Crippen LogP contribution in [0.25, 0.3) is 89.5 Å². The first-order valence-electron chi connectivity index (χ1n) is 40.4. The third kappa shape index (κ3) is 16.6. The fourth-order valence-corrected chi connectivity index (χ4v) is 11.2. The lowest BCUT2D eigenvalue weighted by molar-refractivity contribution is -0.660. The molecule has 4 aromatic heterocycles. The van der Waals surface area contributed by atoms with E-state index in [0.29, 0.717) is 22.3 Å². The summed E-state index contributed by atoms with van der Waals surface area (Å²) in [7, 11) is 7.67. The second kappa shape index (κ2) is 31.1. The Kier molecular flexibility index (Phi) is 15.3. The van der Waals surface area contributed by atoms with Crippen molar-refractivity contribution in [3.8, 4) is 89.5 Å². The van der Waals surface area contributed by atoms with Gasteiger partial charge >= 0.3 is 0 Å². The monoisotopic (exact) mass is 1270 g/mol. The zero-order chi connectivity index (χ0) is 84.2. The highest BCUT2D eigenvalue weighted by molar-refractivity contribution is 5.71. The maximum atomic E-state index is 14.6. The highest BCUT2D eigenvalue weighted by atomic mass is 19.1. The van der Waals surface area contributed by atoms with Crippen LogP contribution >= 0.6 is 0 Å². The Hall–Kier alpha value is -9.92. The van der Waals surface area contributed by atoms with Crippen molar-refractivity contribution in [3.05, 3.63) is 311 Å². The molecular weight excluding hydrogens is 1160 g/mol. The zero-order valence-corrected chi connectivity index (χ0v) is 53.8. The van der Waals surface area contributed by atoms with E-state index in [4.69, 9.17) is 27.4 Å². The van der Waals surface area contributed by atoms with E-state index >= 15 is 0 Å². The van der Waals surface area contributed by atoms with Gasteiger partial charge in [-0.15, -0.1) is 0 Å². The largest absolute Gasteiger partial charge is 0.212 e. The molecular formula is C86H88F4N4+4. The Morgan fingerprint density at radius 3 is 1.02 bits per heavy atom. The lowest BCUT2D eigenvalue weighted by Gasteiger charge is -2.10. The predicted molar refractivity (Wildman–Crippen MR) is 379 cm³/mol. The summed E-state index contributed by atoms with van der Waals surface area (Å²) in [4.78, 5) is 0. The van der Waals surface area contributed by atoms with Crippen molar-refractivity contribution in [2.75, 3.05) is 0 Å². The van der Waals surface area contributed by atoms with E-state index in [2.05, 4.69) is 38.1 Å². The van der Waals surface area contributed by atoms with Gasteiger partial charge in [0.15, 0.2) is 24.8 Å². The van der Waals surface area contributed by atoms with Crippen LogP contribution in [0.2, 0.25) is 0 Å². The van der Waals surface area contributed by atoms with Crippen molar-refractivity contribution in [3.63, 3.8) is 0 Å². The highest BCUT2D eigenvalue weighted by Crippen LogP contribution is 2.31. The topological polar surface area (TPSA) is 15.5 Å². The molecule has 0 aliphatic heterocycles. The molecule has 4 nitrogen and oxygen atoms in total. The average Bonchev–Trinajstić information content (AvgIpc) is 0.734.